The summed E-state index contributed by atoms with van der Waals surface area (Å²) in [4.78, 5) is 35.5. The van der Waals surface area contributed by atoms with E-state index in [0.717, 1.165) is 11.1 Å². The molecule has 7 heteroatoms. The van der Waals surface area contributed by atoms with Crippen LogP contribution in [0, 0.1) is 5.82 Å². The summed E-state index contributed by atoms with van der Waals surface area (Å²) in [5.41, 5.74) is 1.62. The third kappa shape index (κ3) is 8.38. The summed E-state index contributed by atoms with van der Waals surface area (Å²) in [6.45, 7) is 1.75. The van der Waals surface area contributed by atoms with Crippen LogP contribution in [-0.2, 0) is 25.7 Å². The summed E-state index contributed by atoms with van der Waals surface area (Å²) in [6.07, 6.45) is 2.02. The van der Waals surface area contributed by atoms with Gasteiger partial charge in [-0.2, -0.15) is 0 Å². The van der Waals surface area contributed by atoms with Crippen molar-refractivity contribution in [2.24, 2.45) is 0 Å². The lowest BCUT2D eigenvalue weighted by atomic mass is 10.2. The van der Waals surface area contributed by atoms with E-state index in [1.807, 2.05) is 30.3 Å². The van der Waals surface area contributed by atoms with Crippen LogP contribution in [-0.4, -0.2) is 30.4 Å². The van der Waals surface area contributed by atoms with Gasteiger partial charge in [0, 0.05) is 19.2 Å². The first-order chi connectivity index (χ1) is 13.9. The molecule has 0 spiro atoms. The van der Waals surface area contributed by atoms with Crippen LogP contribution < -0.4 is 10.6 Å². The van der Waals surface area contributed by atoms with E-state index in [9.17, 15) is 18.8 Å². The Morgan fingerprint density at radius 2 is 1.72 bits per heavy atom. The first kappa shape index (κ1) is 21.8. The summed E-state index contributed by atoms with van der Waals surface area (Å²) in [5.74, 6) is -1.74. The zero-order valence-electron chi connectivity index (χ0n) is 16.1. The van der Waals surface area contributed by atoms with E-state index in [2.05, 4.69) is 10.6 Å². The number of carbonyl (C=O) groups excluding carboxylic acids is 3. The van der Waals surface area contributed by atoms with E-state index in [1.54, 1.807) is 18.2 Å². The lowest BCUT2D eigenvalue weighted by Gasteiger charge is -2.13. The normalized spacial score (nSPS) is 11.7. The molecule has 0 aromatic heterocycles. The molecular formula is C22H23FN2O4. The minimum Gasteiger partial charge on any atom is -0.452 e. The summed E-state index contributed by atoms with van der Waals surface area (Å²) in [7, 11) is 0. The lowest BCUT2D eigenvalue weighted by molar-refractivity contribution is -0.154. The van der Waals surface area contributed by atoms with Gasteiger partial charge in [0.05, 0.1) is 6.42 Å². The fourth-order valence-corrected chi connectivity index (χ4v) is 2.33. The molecule has 0 unspecified atom stereocenters. The fraction of sp³-hybridized carbons (Fsp3) is 0.227. The van der Waals surface area contributed by atoms with Crippen LogP contribution in [0.5, 0.6) is 0 Å². The minimum absolute atomic E-state index is 0.0551. The maximum absolute atomic E-state index is 12.9. The molecule has 0 saturated heterocycles. The summed E-state index contributed by atoms with van der Waals surface area (Å²) in [5, 5.41) is 5.19. The second-order valence-electron chi connectivity index (χ2n) is 6.26. The van der Waals surface area contributed by atoms with Gasteiger partial charge in [-0.3, -0.25) is 14.4 Å². The molecule has 152 valence electrons. The fourth-order valence-electron chi connectivity index (χ4n) is 2.33. The Morgan fingerprint density at radius 1 is 1.03 bits per heavy atom. The predicted molar refractivity (Wildman–Crippen MR) is 107 cm³/mol. The number of amides is 2. The largest absolute Gasteiger partial charge is 0.452 e. The maximum atomic E-state index is 12.9. The highest BCUT2D eigenvalue weighted by Gasteiger charge is 2.17. The number of esters is 1. The van der Waals surface area contributed by atoms with E-state index in [-0.39, 0.29) is 31.2 Å². The molecule has 2 rings (SSSR count). The van der Waals surface area contributed by atoms with Gasteiger partial charge in [0.1, 0.15) is 5.82 Å². The topological polar surface area (TPSA) is 84.5 Å². The molecule has 0 aliphatic carbocycles. The molecule has 0 aliphatic heterocycles. The number of halogens is 1. The van der Waals surface area contributed by atoms with E-state index in [0.29, 0.717) is 0 Å². The average Bonchev–Trinajstić information content (AvgIpc) is 2.72. The Morgan fingerprint density at radius 3 is 2.41 bits per heavy atom. The zero-order chi connectivity index (χ0) is 21.1. The van der Waals surface area contributed by atoms with Crippen LogP contribution in [0.3, 0.4) is 0 Å². The van der Waals surface area contributed by atoms with E-state index in [1.165, 1.54) is 25.1 Å². The van der Waals surface area contributed by atoms with Crippen LogP contribution in [0.4, 0.5) is 4.39 Å². The molecule has 2 aromatic carbocycles. The van der Waals surface area contributed by atoms with E-state index < -0.39 is 18.0 Å². The molecule has 2 aromatic rings. The number of rotatable bonds is 9. The second-order valence-corrected chi connectivity index (χ2v) is 6.26. The summed E-state index contributed by atoms with van der Waals surface area (Å²) in [6, 6.07) is 15.1. The zero-order valence-corrected chi connectivity index (χ0v) is 16.1. The monoisotopic (exact) mass is 398 g/mol. The smallest absolute Gasteiger partial charge is 0.308 e. The second kappa shape index (κ2) is 11.4. The Kier molecular flexibility index (Phi) is 8.56. The van der Waals surface area contributed by atoms with Crippen molar-refractivity contribution in [1.82, 2.24) is 10.6 Å². The molecular weight excluding hydrogens is 375 g/mol. The number of carbonyl (C=O) groups is 3. The Hall–Kier alpha value is -3.48. The number of hydrogen-bond acceptors (Lipinski definition) is 4. The third-order valence-corrected chi connectivity index (χ3v) is 3.91. The minimum atomic E-state index is -0.975. The Balaban J connectivity index is 1.64. The van der Waals surface area contributed by atoms with Gasteiger partial charge in [-0.05, 0) is 36.3 Å². The Labute approximate surface area is 168 Å². The number of benzene rings is 2. The molecule has 0 saturated carbocycles. The van der Waals surface area contributed by atoms with Gasteiger partial charge in [0.25, 0.3) is 5.91 Å². The Bertz CT molecular complexity index is 851. The van der Waals surface area contributed by atoms with Gasteiger partial charge in [0.15, 0.2) is 6.10 Å². The number of ether oxygens (including phenoxy) is 1. The molecule has 6 nitrogen and oxygen atoms in total. The van der Waals surface area contributed by atoms with Crippen LogP contribution in [0.25, 0.3) is 6.08 Å². The van der Waals surface area contributed by atoms with Crippen molar-refractivity contribution in [2.75, 3.05) is 6.54 Å². The summed E-state index contributed by atoms with van der Waals surface area (Å²) < 4.78 is 17.9. The molecule has 1 atom stereocenters. The van der Waals surface area contributed by atoms with Gasteiger partial charge in [-0.25, -0.2) is 4.39 Å². The predicted octanol–water partition coefficient (Wildman–Crippen LogP) is 2.59. The van der Waals surface area contributed by atoms with Gasteiger partial charge in [-0.15, -0.1) is 0 Å². The van der Waals surface area contributed by atoms with Crippen molar-refractivity contribution in [2.45, 2.75) is 26.0 Å². The highest BCUT2D eigenvalue weighted by molar-refractivity contribution is 5.92. The van der Waals surface area contributed by atoms with Crippen molar-refractivity contribution in [3.05, 3.63) is 77.6 Å². The molecule has 0 aliphatic rings. The van der Waals surface area contributed by atoms with E-state index in [4.69, 9.17) is 4.74 Å². The maximum Gasteiger partial charge on any atom is 0.308 e. The van der Waals surface area contributed by atoms with Gasteiger partial charge in [0.2, 0.25) is 5.91 Å². The molecule has 2 N–H and O–H groups in total. The van der Waals surface area contributed by atoms with Crippen molar-refractivity contribution in [3.8, 4) is 0 Å². The van der Waals surface area contributed by atoms with Crippen molar-refractivity contribution in [3.63, 3.8) is 0 Å². The number of hydrogen-bond donors (Lipinski definition) is 2. The first-order valence-electron chi connectivity index (χ1n) is 9.16. The van der Waals surface area contributed by atoms with Crippen LogP contribution in [0.2, 0.25) is 0 Å². The third-order valence-electron chi connectivity index (χ3n) is 3.91. The highest BCUT2D eigenvalue weighted by Crippen LogP contribution is 2.03. The van der Waals surface area contributed by atoms with Crippen molar-refractivity contribution >= 4 is 23.9 Å². The number of nitrogens with one attached hydrogen (secondary N) is 2. The molecule has 0 heterocycles. The molecule has 2 amide bonds. The van der Waals surface area contributed by atoms with Gasteiger partial charge >= 0.3 is 5.97 Å². The van der Waals surface area contributed by atoms with Crippen LogP contribution in [0.15, 0.2) is 60.7 Å². The highest BCUT2D eigenvalue weighted by atomic mass is 19.1. The quantitative estimate of drug-likeness (QED) is 0.502. The van der Waals surface area contributed by atoms with Crippen molar-refractivity contribution < 1.29 is 23.5 Å². The first-order valence-corrected chi connectivity index (χ1v) is 9.16. The van der Waals surface area contributed by atoms with Crippen molar-refractivity contribution in [1.29, 1.82) is 0 Å². The van der Waals surface area contributed by atoms with Gasteiger partial charge < -0.3 is 15.4 Å². The van der Waals surface area contributed by atoms with Crippen LogP contribution >= 0.6 is 0 Å². The summed E-state index contributed by atoms with van der Waals surface area (Å²) >= 11 is 0. The molecule has 0 fully saturated rings. The van der Waals surface area contributed by atoms with E-state index >= 15 is 0 Å². The molecule has 0 bridgehead atoms. The molecule has 0 radical (unpaired) electrons. The average molecular weight is 398 g/mol. The SMILES string of the molecule is C[C@H](OC(=O)CCNC(=O)/C=C/c1ccccc1)C(=O)NCc1ccc(F)cc1. The van der Waals surface area contributed by atoms with Gasteiger partial charge in [-0.1, -0.05) is 42.5 Å². The van der Waals surface area contributed by atoms with Crippen LogP contribution in [0.1, 0.15) is 24.5 Å². The molecule has 29 heavy (non-hydrogen) atoms. The lowest BCUT2D eigenvalue weighted by Crippen LogP contribution is -2.36. The standard InChI is InChI=1S/C22H23FN2O4/c1-16(22(28)25-15-18-7-10-19(23)11-8-18)29-21(27)13-14-24-20(26)12-9-17-5-3-2-4-6-17/h2-12,16H,13-15H2,1H3,(H,24,26)(H,25,28)/b12-9+/t16-/m0/s1.